The van der Waals surface area contributed by atoms with E-state index in [9.17, 15) is 14.4 Å². The molecule has 0 aromatic heterocycles. The Bertz CT molecular complexity index is 1060. The highest BCUT2D eigenvalue weighted by molar-refractivity contribution is 5.80. The molecule has 0 saturated heterocycles. The van der Waals surface area contributed by atoms with Crippen LogP contribution >= 0.6 is 0 Å². The third-order valence-corrected chi connectivity index (χ3v) is 6.76. The topological polar surface area (TPSA) is 105 Å². The third kappa shape index (κ3) is 6.21. The number of carboxylic acids is 1. The van der Waals surface area contributed by atoms with Gasteiger partial charge in [0.2, 0.25) is 5.91 Å². The van der Waals surface area contributed by atoms with Crippen LogP contribution in [-0.2, 0) is 14.3 Å². The zero-order valence-corrected chi connectivity index (χ0v) is 20.5. The minimum absolute atomic E-state index is 0.00684. The summed E-state index contributed by atoms with van der Waals surface area (Å²) in [7, 11) is 0. The summed E-state index contributed by atoms with van der Waals surface area (Å²) in [6.07, 6.45) is 0.776. The lowest BCUT2D eigenvalue weighted by Gasteiger charge is -2.26. The van der Waals surface area contributed by atoms with Crippen molar-refractivity contribution < 1.29 is 24.2 Å². The second kappa shape index (κ2) is 10.1. The number of hydrogen-bond donors (Lipinski definition) is 3. The molecule has 1 fully saturated rings. The van der Waals surface area contributed by atoms with Gasteiger partial charge in [0.25, 0.3) is 0 Å². The number of amides is 2. The number of carbonyl (C=O) groups is 3. The largest absolute Gasteiger partial charge is 0.481 e. The molecule has 0 radical (unpaired) electrons. The maximum absolute atomic E-state index is 12.8. The second-order valence-corrected chi connectivity index (χ2v) is 10.9. The molecule has 1 saturated carbocycles. The first-order chi connectivity index (χ1) is 16.6. The van der Waals surface area contributed by atoms with E-state index >= 15 is 0 Å². The van der Waals surface area contributed by atoms with Crippen molar-refractivity contribution in [2.45, 2.75) is 52.0 Å². The van der Waals surface area contributed by atoms with Crippen molar-refractivity contribution in [2.24, 2.45) is 17.3 Å². The summed E-state index contributed by atoms with van der Waals surface area (Å²) in [5, 5.41) is 14.7. The van der Waals surface area contributed by atoms with E-state index in [1.54, 1.807) is 0 Å². The van der Waals surface area contributed by atoms with Crippen LogP contribution < -0.4 is 10.6 Å². The molecule has 2 aliphatic rings. The fourth-order valence-corrected chi connectivity index (χ4v) is 5.04. The Morgan fingerprint density at radius 1 is 1.03 bits per heavy atom. The Balaban J connectivity index is 1.33. The summed E-state index contributed by atoms with van der Waals surface area (Å²) in [5.74, 6) is -1.41. The van der Waals surface area contributed by atoms with E-state index in [1.807, 2.05) is 24.3 Å². The fraction of sp³-hybridized carbons (Fsp3) is 0.464. The summed E-state index contributed by atoms with van der Waals surface area (Å²) in [6, 6.07) is 16.0. The van der Waals surface area contributed by atoms with Crippen LogP contribution in [0, 0.1) is 17.3 Å². The van der Waals surface area contributed by atoms with E-state index in [-0.39, 0.29) is 48.1 Å². The molecule has 7 heteroatoms. The van der Waals surface area contributed by atoms with Gasteiger partial charge in [-0.3, -0.25) is 9.59 Å². The normalized spacial score (nSPS) is 19.3. The number of rotatable bonds is 9. The number of carboxylic acid groups (broad SMARTS) is 1. The van der Waals surface area contributed by atoms with E-state index in [2.05, 4.69) is 55.7 Å². The van der Waals surface area contributed by atoms with Gasteiger partial charge in [0, 0.05) is 24.9 Å². The maximum Gasteiger partial charge on any atom is 0.407 e. The molecule has 0 bridgehead atoms. The number of ether oxygens (including phenoxy) is 1. The highest BCUT2D eigenvalue weighted by Crippen LogP contribution is 2.44. The standard InChI is InChI=1S/C28H34N2O5/c1-28(2,3)14-18(13-25(31)29-15-17-12-23(17)26(32)33)30-27(34)35-16-24-21-10-6-4-8-19(21)20-9-5-7-11-22(20)24/h4-11,17-18,23-24H,12-16H2,1-3H3,(H,29,31)(H,30,34)(H,32,33)/t17-,18?,23-/m1/s1. The van der Waals surface area contributed by atoms with Gasteiger partial charge >= 0.3 is 12.1 Å². The Kier molecular flexibility index (Phi) is 7.15. The fourth-order valence-electron chi connectivity index (χ4n) is 5.04. The average Bonchev–Trinajstić information content (AvgIpc) is 3.51. The lowest BCUT2D eigenvalue weighted by atomic mass is 9.87. The van der Waals surface area contributed by atoms with Crippen molar-refractivity contribution in [2.75, 3.05) is 13.2 Å². The van der Waals surface area contributed by atoms with Gasteiger partial charge in [0.15, 0.2) is 0 Å². The smallest absolute Gasteiger partial charge is 0.407 e. The maximum atomic E-state index is 12.8. The molecule has 35 heavy (non-hydrogen) atoms. The molecule has 2 amide bonds. The lowest BCUT2D eigenvalue weighted by Crippen LogP contribution is -2.42. The summed E-state index contributed by atoms with van der Waals surface area (Å²) < 4.78 is 5.67. The van der Waals surface area contributed by atoms with E-state index < -0.39 is 12.1 Å². The molecule has 0 heterocycles. The number of carbonyl (C=O) groups excluding carboxylic acids is 2. The van der Waals surface area contributed by atoms with Gasteiger partial charge in [-0.15, -0.1) is 0 Å². The monoisotopic (exact) mass is 478 g/mol. The Morgan fingerprint density at radius 2 is 1.63 bits per heavy atom. The van der Waals surface area contributed by atoms with Crippen LogP contribution in [0.1, 0.15) is 57.1 Å². The van der Waals surface area contributed by atoms with Crippen molar-refractivity contribution in [3.63, 3.8) is 0 Å². The van der Waals surface area contributed by atoms with Crippen molar-refractivity contribution in [1.29, 1.82) is 0 Å². The zero-order valence-electron chi connectivity index (χ0n) is 20.5. The molecule has 0 spiro atoms. The molecule has 2 aromatic rings. The number of aliphatic carboxylic acids is 1. The van der Waals surface area contributed by atoms with Crippen LogP contribution in [0.5, 0.6) is 0 Å². The number of nitrogens with one attached hydrogen (secondary N) is 2. The van der Waals surface area contributed by atoms with E-state index in [1.165, 1.54) is 11.1 Å². The van der Waals surface area contributed by atoms with Crippen molar-refractivity contribution in [3.8, 4) is 11.1 Å². The highest BCUT2D eigenvalue weighted by Gasteiger charge is 2.43. The van der Waals surface area contributed by atoms with Gasteiger partial charge in [0.1, 0.15) is 6.61 Å². The summed E-state index contributed by atoms with van der Waals surface area (Å²) >= 11 is 0. The van der Waals surface area contributed by atoms with Gasteiger partial charge < -0.3 is 20.5 Å². The van der Waals surface area contributed by atoms with Gasteiger partial charge in [-0.2, -0.15) is 0 Å². The van der Waals surface area contributed by atoms with Crippen LogP contribution in [0.4, 0.5) is 4.79 Å². The Hall–Kier alpha value is -3.35. The molecule has 3 N–H and O–H groups in total. The minimum Gasteiger partial charge on any atom is -0.481 e. The Labute approximate surface area is 206 Å². The molecular weight excluding hydrogens is 444 g/mol. The van der Waals surface area contributed by atoms with Crippen LogP contribution in [0.25, 0.3) is 11.1 Å². The van der Waals surface area contributed by atoms with Gasteiger partial charge in [0.05, 0.1) is 5.92 Å². The molecule has 4 rings (SSSR count). The highest BCUT2D eigenvalue weighted by atomic mass is 16.5. The Morgan fingerprint density at radius 3 is 2.17 bits per heavy atom. The molecule has 2 aromatic carbocycles. The predicted molar refractivity (Wildman–Crippen MR) is 133 cm³/mol. The number of alkyl carbamates (subject to hydrolysis) is 1. The minimum atomic E-state index is -0.813. The second-order valence-electron chi connectivity index (χ2n) is 10.9. The number of benzene rings is 2. The van der Waals surface area contributed by atoms with Crippen LogP contribution in [-0.4, -0.2) is 42.3 Å². The zero-order chi connectivity index (χ0) is 25.2. The summed E-state index contributed by atoms with van der Waals surface area (Å²) in [5.41, 5.74) is 4.52. The van der Waals surface area contributed by atoms with Crippen molar-refractivity contribution in [3.05, 3.63) is 59.7 Å². The van der Waals surface area contributed by atoms with Crippen LogP contribution in [0.2, 0.25) is 0 Å². The molecule has 0 aliphatic heterocycles. The first-order valence-electron chi connectivity index (χ1n) is 12.2. The van der Waals surface area contributed by atoms with Gasteiger partial charge in [-0.25, -0.2) is 4.79 Å². The van der Waals surface area contributed by atoms with Crippen molar-refractivity contribution in [1.82, 2.24) is 10.6 Å². The molecular formula is C28H34N2O5. The SMILES string of the molecule is CC(C)(C)CC(CC(=O)NC[C@H]1C[C@H]1C(=O)O)NC(=O)OCC1c2ccccc2-c2ccccc21. The summed E-state index contributed by atoms with van der Waals surface area (Å²) in [4.78, 5) is 36.3. The van der Waals surface area contributed by atoms with Crippen molar-refractivity contribution >= 4 is 18.0 Å². The number of fused-ring (bicyclic) bond motifs is 3. The van der Waals surface area contributed by atoms with E-state index in [0.29, 0.717) is 19.4 Å². The van der Waals surface area contributed by atoms with E-state index in [0.717, 1.165) is 11.1 Å². The van der Waals surface area contributed by atoms with Crippen LogP contribution in [0.3, 0.4) is 0 Å². The van der Waals surface area contributed by atoms with E-state index in [4.69, 9.17) is 9.84 Å². The van der Waals surface area contributed by atoms with Gasteiger partial charge in [-0.1, -0.05) is 69.3 Å². The molecule has 7 nitrogen and oxygen atoms in total. The molecule has 1 unspecified atom stereocenters. The quantitative estimate of drug-likeness (QED) is 0.490. The predicted octanol–water partition coefficient (Wildman–Crippen LogP) is 4.56. The lowest BCUT2D eigenvalue weighted by molar-refractivity contribution is -0.139. The molecule has 3 atom stereocenters. The summed E-state index contributed by atoms with van der Waals surface area (Å²) in [6.45, 7) is 6.73. The first-order valence-corrected chi connectivity index (χ1v) is 12.2. The van der Waals surface area contributed by atoms with Crippen LogP contribution in [0.15, 0.2) is 48.5 Å². The molecule has 2 aliphatic carbocycles. The number of hydrogen-bond acceptors (Lipinski definition) is 4. The third-order valence-electron chi connectivity index (χ3n) is 6.76. The molecule has 186 valence electrons. The van der Waals surface area contributed by atoms with Gasteiger partial charge in [-0.05, 0) is 46.4 Å². The average molecular weight is 479 g/mol. The first kappa shape index (κ1) is 24.8.